The van der Waals surface area contributed by atoms with Gasteiger partial charge in [-0.2, -0.15) is 0 Å². The molecule has 2 N–H and O–H groups in total. The van der Waals surface area contributed by atoms with Crippen molar-refractivity contribution in [2.45, 2.75) is 19.4 Å². The fourth-order valence-corrected chi connectivity index (χ4v) is 2.87. The number of hydrogen-bond acceptors (Lipinski definition) is 4. The van der Waals surface area contributed by atoms with Crippen LogP contribution in [0.5, 0.6) is 17.2 Å². The largest absolute Gasteiger partial charge is 0.493 e. The zero-order valence-electron chi connectivity index (χ0n) is 16.0. The first-order valence-corrected chi connectivity index (χ1v) is 9.15. The van der Waals surface area contributed by atoms with E-state index in [1.165, 1.54) is 0 Å². The van der Waals surface area contributed by atoms with Crippen LogP contribution in [0.25, 0.3) is 0 Å². The van der Waals surface area contributed by atoms with Crippen molar-refractivity contribution in [3.63, 3.8) is 0 Å². The number of rotatable bonds is 9. The number of thiocarbonyl (C=S) groups is 1. The van der Waals surface area contributed by atoms with Crippen LogP contribution in [0, 0.1) is 0 Å². The molecule has 27 heavy (non-hydrogen) atoms. The Balaban J connectivity index is 2.01. The third kappa shape index (κ3) is 5.89. The zero-order chi connectivity index (χ0) is 19.6. The van der Waals surface area contributed by atoms with E-state index in [9.17, 15) is 0 Å². The molecular weight excluding hydrogens is 360 g/mol. The fraction of sp³-hybridized carbons (Fsp3) is 0.286. The summed E-state index contributed by atoms with van der Waals surface area (Å²) >= 11 is 5.47. The number of hydrogen-bond donors (Lipinski definition) is 2. The highest BCUT2D eigenvalue weighted by Gasteiger charge is 2.14. The van der Waals surface area contributed by atoms with Crippen molar-refractivity contribution in [2.24, 2.45) is 0 Å². The monoisotopic (exact) mass is 386 g/mol. The summed E-state index contributed by atoms with van der Waals surface area (Å²) < 4.78 is 16.2. The molecule has 0 bridgehead atoms. The quantitative estimate of drug-likeness (QED) is 0.481. The molecule has 2 aromatic carbocycles. The molecule has 0 heterocycles. The molecule has 0 aromatic heterocycles. The molecule has 5 nitrogen and oxygen atoms in total. The average molecular weight is 387 g/mol. The summed E-state index contributed by atoms with van der Waals surface area (Å²) in [6, 6.07) is 13.6. The molecule has 6 heteroatoms. The molecule has 0 fully saturated rings. The lowest BCUT2D eigenvalue weighted by atomic mass is 10.0. The minimum atomic E-state index is 0.0556. The van der Waals surface area contributed by atoms with Crippen LogP contribution in [0.3, 0.4) is 0 Å². The van der Waals surface area contributed by atoms with Gasteiger partial charge in [0.15, 0.2) is 16.6 Å². The Morgan fingerprint density at radius 1 is 1.11 bits per heavy atom. The molecule has 2 aromatic rings. The molecule has 0 amide bonds. The molecule has 0 saturated carbocycles. The van der Waals surface area contributed by atoms with E-state index in [2.05, 4.69) is 24.1 Å². The van der Waals surface area contributed by atoms with E-state index in [1.807, 2.05) is 42.5 Å². The normalized spacial score (nSPS) is 11.2. The van der Waals surface area contributed by atoms with Crippen molar-refractivity contribution in [1.29, 1.82) is 0 Å². The van der Waals surface area contributed by atoms with Gasteiger partial charge < -0.3 is 24.8 Å². The van der Waals surface area contributed by atoms with E-state index >= 15 is 0 Å². The molecule has 0 aliphatic carbocycles. The molecule has 0 spiro atoms. The summed E-state index contributed by atoms with van der Waals surface area (Å²) in [6.07, 6.45) is 2.58. The Morgan fingerprint density at radius 3 is 2.41 bits per heavy atom. The van der Waals surface area contributed by atoms with E-state index < -0.39 is 0 Å². The molecule has 1 atom stereocenters. The van der Waals surface area contributed by atoms with E-state index in [0.717, 1.165) is 23.4 Å². The highest BCUT2D eigenvalue weighted by molar-refractivity contribution is 7.80. The smallest absolute Gasteiger partial charge is 0.171 e. The van der Waals surface area contributed by atoms with Crippen LogP contribution >= 0.6 is 12.2 Å². The van der Waals surface area contributed by atoms with Crippen molar-refractivity contribution in [2.75, 3.05) is 26.1 Å². The number of methoxy groups -OCH3 is 2. The van der Waals surface area contributed by atoms with Gasteiger partial charge >= 0.3 is 0 Å². The predicted octanol–water partition coefficient (Wildman–Crippen LogP) is 4.71. The minimum Gasteiger partial charge on any atom is -0.493 e. The van der Waals surface area contributed by atoms with Crippen LogP contribution in [-0.2, 0) is 0 Å². The number of nitrogens with one attached hydrogen (secondary N) is 2. The van der Waals surface area contributed by atoms with Crippen molar-refractivity contribution in [1.82, 2.24) is 5.32 Å². The van der Waals surface area contributed by atoms with Gasteiger partial charge in [0, 0.05) is 5.69 Å². The van der Waals surface area contributed by atoms with Gasteiger partial charge in [0.25, 0.3) is 0 Å². The average Bonchev–Trinajstić information content (AvgIpc) is 2.71. The lowest BCUT2D eigenvalue weighted by Crippen LogP contribution is -2.32. The van der Waals surface area contributed by atoms with Crippen LogP contribution in [0.4, 0.5) is 5.69 Å². The number of benzene rings is 2. The van der Waals surface area contributed by atoms with Gasteiger partial charge in [0.1, 0.15) is 12.4 Å². The van der Waals surface area contributed by atoms with Gasteiger partial charge in [-0.15, -0.1) is 0 Å². The van der Waals surface area contributed by atoms with Crippen molar-refractivity contribution in [3.05, 3.63) is 60.7 Å². The lowest BCUT2D eigenvalue weighted by Gasteiger charge is -2.21. The third-order valence-corrected chi connectivity index (χ3v) is 4.22. The SMILES string of the molecule is C=CCOc1ccc(NC(=S)N[C@H](CC)c2ccc(OC)c(OC)c2)cc1. The van der Waals surface area contributed by atoms with Crippen LogP contribution in [0.2, 0.25) is 0 Å². The van der Waals surface area contributed by atoms with Gasteiger partial charge in [-0.05, 0) is 60.6 Å². The second-order valence-corrected chi connectivity index (χ2v) is 6.21. The molecule has 0 unspecified atom stereocenters. The molecule has 0 saturated heterocycles. The molecular formula is C21H26N2O3S. The van der Waals surface area contributed by atoms with Crippen LogP contribution < -0.4 is 24.8 Å². The Morgan fingerprint density at radius 2 is 1.81 bits per heavy atom. The first-order valence-electron chi connectivity index (χ1n) is 8.74. The third-order valence-electron chi connectivity index (χ3n) is 4.00. The van der Waals surface area contributed by atoms with Gasteiger partial charge in [-0.25, -0.2) is 0 Å². The Bertz CT molecular complexity index is 763. The standard InChI is InChI=1S/C21H26N2O3S/c1-5-13-26-17-10-8-16(9-11-17)22-21(27)23-18(6-2)15-7-12-19(24-3)20(14-15)25-4/h5,7-12,14,18H,1,6,13H2,2-4H3,(H2,22,23,27)/t18-/m1/s1. The summed E-state index contributed by atoms with van der Waals surface area (Å²) in [7, 11) is 3.25. The van der Waals surface area contributed by atoms with Gasteiger partial charge in [0.05, 0.1) is 20.3 Å². The summed E-state index contributed by atoms with van der Waals surface area (Å²) in [6.45, 7) is 6.22. The number of anilines is 1. The van der Waals surface area contributed by atoms with Crippen LogP contribution in [-0.4, -0.2) is 25.9 Å². The highest BCUT2D eigenvalue weighted by atomic mass is 32.1. The number of ether oxygens (including phenoxy) is 3. The topological polar surface area (TPSA) is 51.8 Å². The summed E-state index contributed by atoms with van der Waals surface area (Å²) in [4.78, 5) is 0. The maximum Gasteiger partial charge on any atom is 0.171 e. The van der Waals surface area contributed by atoms with E-state index in [4.69, 9.17) is 26.4 Å². The van der Waals surface area contributed by atoms with Crippen LogP contribution in [0.1, 0.15) is 24.9 Å². The van der Waals surface area contributed by atoms with Crippen molar-refractivity contribution in [3.8, 4) is 17.2 Å². The van der Waals surface area contributed by atoms with E-state index in [-0.39, 0.29) is 6.04 Å². The van der Waals surface area contributed by atoms with Gasteiger partial charge in [-0.1, -0.05) is 25.6 Å². The summed E-state index contributed by atoms with van der Waals surface area (Å²) in [5.41, 5.74) is 1.97. The fourth-order valence-electron chi connectivity index (χ4n) is 2.61. The Kier molecular flexibility index (Phi) is 7.95. The molecule has 144 valence electrons. The first-order chi connectivity index (χ1) is 13.1. The van der Waals surface area contributed by atoms with Gasteiger partial charge in [-0.3, -0.25) is 0 Å². The maximum atomic E-state index is 5.48. The molecule has 2 rings (SSSR count). The second-order valence-electron chi connectivity index (χ2n) is 5.80. The maximum absolute atomic E-state index is 5.48. The minimum absolute atomic E-state index is 0.0556. The van der Waals surface area contributed by atoms with Crippen molar-refractivity contribution < 1.29 is 14.2 Å². The zero-order valence-corrected chi connectivity index (χ0v) is 16.8. The van der Waals surface area contributed by atoms with E-state index in [1.54, 1.807) is 20.3 Å². The summed E-state index contributed by atoms with van der Waals surface area (Å²) in [5, 5.41) is 7.10. The van der Waals surface area contributed by atoms with E-state index in [0.29, 0.717) is 23.2 Å². The Hall–Kier alpha value is -2.73. The predicted molar refractivity (Wildman–Crippen MR) is 114 cm³/mol. The highest BCUT2D eigenvalue weighted by Crippen LogP contribution is 2.31. The molecule has 0 aliphatic rings. The van der Waals surface area contributed by atoms with Gasteiger partial charge in [0.2, 0.25) is 0 Å². The van der Waals surface area contributed by atoms with Crippen molar-refractivity contribution >= 4 is 23.0 Å². The first kappa shape index (κ1) is 20.6. The Labute approximate surface area is 166 Å². The lowest BCUT2D eigenvalue weighted by molar-refractivity contribution is 0.354. The molecule has 0 aliphatic heterocycles. The second kappa shape index (κ2) is 10.4. The summed E-state index contributed by atoms with van der Waals surface area (Å²) in [5.74, 6) is 2.19. The van der Waals surface area contributed by atoms with Crippen LogP contribution in [0.15, 0.2) is 55.1 Å². The molecule has 0 radical (unpaired) electrons.